The third kappa shape index (κ3) is 12.5. The molecule has 0 aliphatic rings. The molecule has 5 amide bonds. The number of amides is 5. The summed E-state index contributed by atoms with van der Waals surface area (Å²) in [5, 5.41) is 10.9. The van der Waals surface area contributed by atoms with Crippen molar-refractivity contribution >= 4 is 52.3 Å². The number of aliphatic imine (C=N–C) groups is 1. The van der Waals surface area contributed by atoms with Crippen LogP contribution < -0.4 is 44.1 Å². The molecule has 0 bridgehead atoms. The Labute approximate surface area is 259 Å². The van der Waals surface area contributed by atoms with Crippen LogP contribution in [0.5, 0.6) is 0 Å². The third-order valence-electron chi connectivity index (χ3n) is 6.24. The molecule has 1 aromatic carbocycles. The smallest absolute Gasteiger partial charge is 0.408 e. The number of carbonyl (C=O) groups is 5. The number of benzene rings is 1. The first-order chi connectivity index (χ1) is 20.9. The second kappa shape index (κ2) is 16.1. The fourth-order valence-corrected chi connectivity index (χ4v) is 4.09. The van der Waals surface area contributed by atoms with E-state index in [1.165, 1.54) is 19.1 Å². The molecule has 10 N–H and O–H groups in total. The van der Waals surface area contributed by atoms with Gasteiger partial charge in [-0.3, -0.25) is 24.2 Å². The van der Waals surface area contributed by atoms with Crippen LogP contribution in [0.3, 0.4) is 0 Å². The van der Waals surface area contributed by atoms with Crippen LogP contribution in [0.1, 0.15) is 58.9 Å². The second-order valence-corrected chi connectivity index (χ2v) is 11.4. The number of fused-ring (bicyclic) bond motifs is 1. The molecule has 0 fully saturated rings. The molecule has 16 nitrogen and oxygen atoms in total. The van der Waals surface area contributed by atoms with E-state index in [-0.39, 0.29) is 37.3 Å². The van der Waals surface area contributed by atoms with Crippen molar-refractivity contribution in [2.75, 3.05) is 11.9 Å². The van der Waals surface area contributed by atoms with E-state index in [2.05, 4.69) is 26.3 Å². The number of ether oxygens (including phenoxy) is 1. The summed E-state index contributed by atoms with van der Waals surface area (Å²) in [6.07, 6.45) is -0.819. The summed E-state index contributed by atoms with van der Waals surface area (Å²) in [5.74, 6) is -2.90. The molecule has 0 saturated heterocycles. The number of rotatable bonds is 14. The van der Waals surface area contributed by atoms with E-state index >= 15 is 0 Å². The highest BCUT2D eigenvalue weighted by atomic mass is 16.6. The highest BCUT2D eigenvalue weighted by Gasteiger charge is 2.29. The summed E-state index contributed by atoms with van der Waals surface area (Å²) in [6, 6.07) is 2.67. The summed E-state index contributed by atoms with van der Waals surface area (Å²) < 4.78 is 10.4. The number of nitrogens with two attached hydrogens (primary N) is 3. The molecule has 0 unspecified atom stereocenters. The van der Waals surface area contributed by atoms with Gasteiger partial charge in [-0.15, -0.1) is 0 Å². The monoisotopic (exact) mass is 630 g/mol. The van der Waals surface area contributed by atoms with Gasteiger partial charge in [0, 0.05) is 36.2 Å². The van der Waals surface area contributed by atoms with Gasteiger partial charge < -0.3 is 47.6 Å². The molecule has 0 aliphatic heterocycles. The van der Waals surface area contributed by atoms with Gasteiger partial charge in [-0.2, -0.15) is 0 Å². The first-order valence-electron chi connectivity index (χ1n) is 14.2. The Morgan fingerprint density at radius 3 is 2.22 bits per heavy atom. The lowest BCUT2D eigenvalue weighted by Gasteiger charge is -2.25. The first-order valence-corrected chi connectivity index (χ1v) is 14.2. The zero-order valence-corrected chi connectivity index (χ0v) is 26.0. The quantitative estimate of drug-likeness (QED) is 0.0647. The number of carbonyl (C=O) groups excluding carboxylic acids is 5. The van der Waals surface area contributed by atoms with Crippen molar-refractivity contribution in [1.29, 1.82) is 0 Å². The van der Waals surface area contributed by atoms with Gasteiger partial charge in [-0.1, -0.05) is 0 Å². The lowest BCUT2D eigenvalue weighted by atomic mass is 10.1. The normalized spacial score (nSPS) is 13.1. The number of aryl methyl sites for hydroxylation is 1. The molecule has 2 rings (SSSR count). The van der Waals surface area contributed by atoms with Crippen molar-refractivity contribution in [3.63, 3.8) is 0 Å². The number of hydrogen-bond donors (Lipinski definition) is 7. The van der Waals surface area contributed by atoms with Gasteiger partial charge in [0.05, 0.1) is 0 Å². The predicted octanol–water partition coefficient (Wildman–Crippen LogP) is 0.242. The Bertz CT molecular complexity index is 1490. The third-order valence-corrected chi connectivity index (χ3v) is 6.24. The largest absolute Gasteiger partial charge is 0.444 e. The number of alkyl carbamates (subject to hydrolysis) is 1. The standard InChI is InChI=1S/C29H42N8O8/c1-15-13-23(39)44-21-14-17(8-9-18(15)21)35-26(42)19(7-6-12-33-27(31)32)36-24(40)16(2)34-25(41)20(10-11-22(30)38)37-28(43)45-29(3,4)5/h8-9,13-14,16,19-20H,6-7,10-12H2,1-5H3,(H2,30,38)(H,34,41)(H,35,42)(H,36,40)(H,37,43)(H4,31,32,33)/t16-,19+,20+/m1/s1. The average Bonchev–Trinajstić information content (AvgIpc) is 2.90. The number of guanidine groups is 1. The molecular weight excluding hydrogens is 588 g/mol. The molecule has 1 heterocycles. The second-order valence-electron chi connectivity index (χ2n) is 11.4. The van der Waals surface area contributed by atoms with Gasteiger partial charge in [-0.05, 0) is 71.6 Å². The summed E-state index contributed by atoms with van der Waals surface area (Å²) >= 11 is 0. The minimum Gasteiger partial charge on any atom is -0.444 e. The van der Waals surface area contributed by atoms with Gasteiger partial charge in [0.2, 0.25) is 23.6 Å². The Morgan fingerprint density at radius 2 is 1.60 bits per heavy atom. The van der Waals surface area contributed by atoms with Crippen molar-refractivity contribution in [2.24, 2.45) is 22.2 Å². The molecule has 45 heavy (non-hydrogen) atoms. The van der Waals surface area contributed by atoms with E-state index in [0.717, 1.165) is 0 Å². The average molecular weight is 631 g/mol. The Morgan fingerprint density at radius 1 is 0.933 bits per heavy atom. The van der Waals surface area contributed by atoms with Crippen molar-refractivity contribution in [3.8, 4) is 0 Å². The molecule has 246 valence electrons. The number of nitrogens with one attached hydrogen (secondary N) is 4. The van der Waals surface area contributed by atoms with Crippen molar-refractivity contribution in [1.82, 2.24) is 16.0 Å². The zero-order valence-electron chi connectivity index (χ0n) is 26.0. The first kappa shape index (κ1) is 36.0. The molecule has 0 aliphatic carbocycles. The van der Waals surface area contributed by atoms with Crippen molar-refractivity contribution in [3.05, 3.63) is 40.2 Å². The van der Waals surface area contributed by atoms with Gasteiger partial charge in [0.1, 0.15) is 29.3 Å². The van der Waals surface area contributed by atoms with Gasteiger partial charge in [-0.25, -0.2) is 9.59 Å². The van der Waals surface area contributed by atoms with Crippen LogP contribution in [-0.2, 0) is 23.9 Å². The van der Waals surface area contributed by atoms with Crippen LogP contribution in [0, 0.1) is 6.92 Å². The molecular formula is C29H42N8O8. The molecule has 0 spiro atoms. The van der Waals surface area contributed by atoms with Crippen LogP contribution in [-0.4, -0.2) is 66.0 Å². The Kier molecular flexibility index (Phi) is 12.9. The van der Waals surface area contributed by atoms with E-state index < -0.39 is 59.1 Å². The van der Waals surface area contributed by atoms with Crippen LogP contribution in [0.25, 0.3) is 11.0 Å². The lowest BCUT2D eigenvalue weighted by Crippen LogP contribution is -2.55. The number of primary amides is 1. The lowest BCUT2D eigenvalue weighted by molar-refractivity contribution is -0.131. The summed E-state index contributed by atoms with van der Waals surface area (Å²) in [5.41, 5.74) is 15.9. The van der Waals surface area contributed by atoms with Gasteiger partial charge in [0.25, 0.3) is 0 Å². The number of anilines is 1. The molecule has 1 aromatic heterocycles. The minimum absolute atomic E-state index is 0.123. The van der Waals surface area contributed by atoms with Crippen LogP contribution >= 0.6 is 0 Å². The molecule has 3 atom stereocenters. The minimum atomic E-state index is -1.24. The SMILES string of the molecule is Cc1cc(=O)oc2cc(NC(=O)[C@H](CCCN=C(N)N)NC(=O)[C@@H](C)NC(=O)[C@H](CCC(N)=O)NC(=O)OC(C)(C)C)ccc12. The fourth-order valence-electron chi connectivity index (χ4n) is 4.09. The number of hydrogen-bond acceptors (Lipinski definition) is 9. The fraction of sp³-hybridized carbons (Fsp3) is 0.483. The van der Waals surface area contributed by atoms with E-state index in [1.807, 2.05) is 0 Å². The topological polar surface area (TPSA) is 263 Å². The van der Waals surface area contributed by atoms with E-state index in [4.69, 9.17) is 26.4 Å². The molecule has 0 saturated carbocycles. The molecule has 2 aromatic rings. The maximum Gasteiger partial charge on any atom is 0.408 e. The maximum absolute atomic E-state index is 13.3. The number of nitrogens with zero attached hydrogens (tertiary/aromatic N) is 1. The molecule has 0 radical (unpaired) electrons. The van der Waals surface area contributed by atoms with Gasteiger partial charge >= 0.3 is 11.7 Å². The highest BCUT2D eigenvalue weighted by Crippen LogP contribution is 2.21. The summed E-state index contributed by atoms with van der Waals surface area (Å²) in [4.78, 5) is 78.7. The maximum atomic E-state index is 13.3. The summed E-state index contributed by atoms with van der Waals surface area (Å²) in [6.45, 7) is 8.24. The van der Waals surface area contributed by atoms with E-state index in [1.54, 1.807) is 39.8 Å². The highest BCUT2D eigenvalue weighted by molar-refractivity contribution is 6.00. The van der Waals surface area contributed by atoms with Gasteiger partial charge in [0.15, 0.2) is 5.96 Å². The van der Waals surface area contributed by atoms with E-state index in [0.29, 0.717) is 23.1 Å². The Balaban J connectivity index is 2.17. The van der Waals surface area contributed by atoms with Crippen LogP contribution in [0.4, 0.5) is 10.5 Å². The predicted molar refractivity (Wildman–Crippen MR) is 167 cm³/mol. The van der Waals surface area contributed by atoms with Crippen molar-refractivity contribution in [2.45, 2.75) is 84.0 Å². The Hall–Kier alpha value is -5.15. The van der Waals surface area contributed by atoms with Crippen molar-refractivity contribution < 1.29 is 33.1 Å². The van der Waals surface area contributed by atoms with Crippen LogP contribution in [0.2, 0.25) is 0 Å². The molecule has 16 heteroatoms. The van der Waals surface area contributed by atoms with Crippen LogP contribution in [0.15, 0.2) is 38.5 Å². The zero-order chi connectivity index (χ0) is 33.9. The summed E-state index contributed by atoms with van der Waals surface area (Å²) in [7, 11) is 0. The van der Waals surface area contributed by atoms with E-state index in [9.17, 15) is 28.8 Å².